The highest BCUT2D eigenvalue weighted by molar-refractivity contribution is 6.34. The summed E-state index contributed by atoms with van der Waals surface area (Å²) in [6.07, 6.45) is 2.75. The van der Waals surface area contributed by atoms with Gasteiger partial charge in [-0.15, -0.1) is 0 Å². The van der Waals surface area contributed by atoms with Gasteiger partial charge in [0.2, 0.25) is 0 Å². The molecule has 0 aliphatic heterocycles. The van der Waals surface area contributed by atoms with Crippen LogP contribution in [0.4, 0.5) is 5.69 Å². The number of carbonyl (C=O) groups is 1. The molecule has 3 aromatic rings. The standard InChI is InChI=1S/C21H20ClN3O3/c1-27-18-11-15(22)16(12-19(18)28-2)23-21(26)20-14-9-6-10-17(14)25(24-20)13-7-4-3-5-8-13/h3-5,7-8,11-12H,6,9-10H2,1-2H3,(H,23,26). The van der Waals surface area contributed by atoms with Crippen LogP contribution in [0.15, 0.2) is 42.5 Å². The lowest BCUT2D eigenvalue weighted by atomic mass is 10.2. The molecule has 1 amide bonds. The quantitative estimate of drug-likeness (QED) is 0.697. The van der Waals surface area contributed by atoms with Crippen molar-refractivity contribution in [2.24, 2.45) is 0 Å². The molecule has 0 atom stereocenters. The van der Waals surface area contributed by atoms with Gasteiger partial charge >= 0.3 is 0 Å². The molecule has 0 saturated heterocycles. The molecule has 4 rings (SSSR count). The lowest BCUT2D eigenvalue weighted by molar-refractivity contribution is 0.102. The summed E-state index contributed by atoms with van der Waals surface area (Å²) in [6, 6.07) is 13.1. The fourth-order valence-corrected chi connectivity index (χ4v) is 3.73. The van der Waals surface area contributed by atoms with Crippen molar-refractivity contribution >= 4 is 23.2 Å². The van der Waals surface area contributed by atoms with Crippen molar-refractivity contribution < 1.29 is 14.3 Å². The summed E-state index contributed by atoms with van der Waals surface area (Å²) < 4.78 is 12.4. The number of hydrogen-bond acceptors (Lipinski definition) is 4. The smallest absolute Gasteiger partial charge is 0.276 e. The highest BCUT2D eigenvalue weighted by Gasteiger charge is 2.27. The Kier molecular flexibility index (Phi) is 4.96. The van der Waals surface area contributed by atoms with Gasteiger partial charge in [0.15, 0.2) is 17.2 Å². The number of benzene rings is 2. The van der Waals surface area contributed by atoms with Gasteiger partial charge in [0.1, 0.15) is 0 Å². The number of para-hydroxylation sites is 1. The number of halogens is 1. The molecule has 144 valence electrons. The van der Waals surface area contributed by atoms with E-state index < -0.39 is 0 Å². The molecule has 2 aromatic carbocycles. The summed E-state index contributed by atoms with van der Waals surface area (Å²) in [5, 5.41) is 7.84. The van der Waals surface area contributed by atoms with E-state index in [0.717, 1.165) is 36.2 Å². The maximum atomic E-state index is 13.0. The fourth-order valence-electron chi connectivity index (χ4n) is 3.53. The Balaban J connectivity index is 1.69. The molecular weight excluding hydrogens is 378 g/mol. The summed E-state index contributed by atoms with van der Waals surface area (Å²) in [6.45, 7) is 0. The maximum Gasteiger partial charge on any atom is 0.276 e. The average Bonchev–Trinajstić information content (AvgIpc) is 3.32. The van der Waals surface area contributed by atoms with E-state index in [1.807, 2.05) is 35.0 Å². The monoisotopic (exact) mass is 397 g/mol. The zero-order valence-electron chi connectivity index (χ0n) is 15.7. The molecule has 1 aliphatic carbocycles. The molecule has 0 fully saturated rings. The number of nitrogens with zero attached hydrogens (tertiary/aromatic N) is 2. The van der Waals surface area contributed by atoms with Gasteiger partial charge in [0.05, 0.1) is 30.6 Å². The Morgan fingerprint density at radius 2 is 1.82 bits per heavy atom. The molecule has 7 heteroatoms. The van der Waals surface area contributed by atoms with Gasteiger partial charge in [-0.3, -0.25) is 4.79 Å². The highest BCUT2D eigenvalue weighted by Crippen LogP contribution is 2.36. The number of methoxy groups -OCH3 is 2. The second-order valence-electron chi connectivity index (χ2n) is 6.52. The van der Waals surface area contributed by atoms with Crippen molar-refractivity contribution in [1.82, 2.24) is 9.78 Å². The molecule has 1 heterocycles. The SMILES string of the molecule is COc1cc(Cl)c(NC(=O)c2nn(-c3ccccc3)c3c2CCC3)cc1OC. The molecule has 1 N–H and O–H groups in total. The van der Waals surface area contributed by atoms with Crippen LogP contribution in [0.25, 0.3) is 5.69 Å². The van der Waals surface area contributed by atoms with Gasteiger partial charge in [-0.1, -0.05) is 29.8 Å². The largest absolute Gasteiger partial charge is 0.493 e. The van der Waals surface area contributed by atoms with E-state index in [1.54, 1.807) is 12.1 Å². The van der Waals surface area contributed by atoms with Crippen LogP contribution in [0.5, 0.6) is 11.5 Å². The summed E-state index contributed by atoms with van der Waals surface area (Å²) in [5.74, 6) is 0.698. The zero-order chi connectivity index (χ0) is 19.7. The Labute approximate surface area is 168 Å². The first kappa shape index (κ1) is 18.4. The van der Waals surface area contributed by atoms with Crippen molar-refractivity contribution in [3.63, 3.8) is 0 Å². The minimum atomic E-state index is -0.290. The van der Waals surface area contributed by atoms with Gasteiger partial charge in [-0.05, 0) is 31.4 Å². The third-order valence-electron chi connectivity index (χ3n) is 4.87. The molecule has 0 spiro atoms. The minimum absolute atomic E-state index is 0.290. The van der Waals surface area contributed by atoms with E-state index >= 15 is 0 Å². The zero-order valence-corrected chi connectivity index (χ0v) is 16.4. The number of ether oxygens (including phenoxy) is 2. The predicted molar refractivity (Wildman–Crippen MR) is 108 cm³/mol. The van der Waals surface area contributed by atoms with Crippen LogP contribution < -0.4 is 14.8 Å². The molecular formula is C21H20ClN3O3. The number of fused-ring (bicyclic) bond motifs is 1. The highest BCUT2D eigenvalue weighted by atomic mass is 35.5. The van der Waals surface area contributed by atoms with Crippen LogP contribution >= 0.6 is 11.6 Å². The van der Waals surface area contributed by atoms with E-state index in [-0.39, 0.29) is 5.91 Å². The lowest BCUT2D eigenvalue weighted by Crippen LogP contribution is -2.15. The summed E-state index contributed by atoms with van der Waals surface area (Å²) in [7, 11) is 3.07. The first-order chi connectivity index (χ1) is 13.6. The minimum Gasteiger partial charge on any atom is -0.493 e. The van der Waals surface area contributed by atoms with Gasteiger partial charge in [-0.25, -0.2) is 4.68 Å². The third kappa shape index (κ3) is 3.20. The topological polar surface area (TPSA) is 65.4 Å². The molecule has 6 nitrogen and oxygen atoms in total. The number of amides is 1. The molecule has 0 saturated carbocycles. The summed E-state index contributed by atoms with van der Waals surface area (Å²) >= 11 is 6.31. The van der Waals surface area contributed by atoms with Crippen molar-refractivity contribution in [3.8, 4) is 17.2 Å². The third-order valence-corrected chi connectivity index (χ3v) is 5.18. The Bertz CT molecular complexity index is 1030. The van der Waals surface area contributed by atoms with E-state index in [0.29, 0.717) is 27.9 Å². The molecule has 1 aromatic heterocycles. The van der Waals surface area contributed by atoms with Crippen molar-refractivity contribution in [3.05, 3.63) is 64.4 Å². The van der Waals surface area contributed by atoms with Gasteiger partial charge in [-0.2, -0.15) is 5.10 Å². The van der Waals surface area contributed by atoms with E-state index in [4.69, 9.17) is 21.1 Å². The Hall–Kier alpha value is -2.99. The summed E-state index contributed by atoms with van der Waals surface area (Å²) in [5.41, 5.74) is 3.92. The first-order valence-corrected chi connectivity index (χ1v) is 9.39. The van der Waals surface area contributed by atoms with Gasteiger partial charge in [0, 0.05) is 23.4 Å². The van der Waals surface area contributed by atoms with E-state index in [2.05, 4.69) is 10.4 Å². The number of rotatable bonds is 5. The van der Waals surface area contributed by atoms with E-state index in [1.165, 1.54) is 14.2 Å². The Morgan fingerprint density at radius 1 is 1.11 bits per heavy atom. The predicted octanol–water partition coefficient (Wildman–Crippen LogP) is 4.28. The molecule has 1 aliphatic rings. The first-order valence-electron chi connectivity index (χ1n) is 9.01. The second kappa shape index (κ2) is 7.56. The maximum absolute atomic E-state index is 13.0. The summed E-state index contributed by atoms with van der Waals surface area (Å²) in [4.78, 5) is 13.0. The normalized spacial score (nSPS) is 12.5. The Morgan fingerprint density at radius 3 is 2.54 bits per heavy atom. The van der Waals surface area contributed by atoms with Gasteiger partial charge in [0.25, 0.3) is 5.91 Å². The molecule has 0 bridgehead atoms. The van der Waals surface area contributed by atoms with Crippen LogP contribution in [0.3, 0.4) is 0 Å². The molecule has 0 radical (unpaired) electrons. The number of anilines is 1. The van der Waals surface area contributed by atoms with Crippen molar-refractivity contribution in [1.29, 1.82) is 0 Å². The lowest BCUT2D eigenvalue weighted by Gasteiger charge is -2.12. The molecule has 28 heavy (non-hydrogen) atoms. The number of carbonyl (C=O) groups excluding carboxylic acids is 1. The molecule has 0 unspecified atom stereocenters. The number of aromatic nitrogens is 2. The van der Waals surface area contributed by atoms with Crippen LogP contribution in [0.1, 0.15) is 28.2 Å². The number of hydrogen-bond donors (Lipinski definition) is 1. The van der Waals surface area contributed by atoms with E-state index in [9.17, 15) is 4.79 Å². The van der Waals surface area contributed by atoms with Crippen LogP contribution in [0.2, 0.25) is 5.02 Å². The van der Waals surface area contributed by atoms with Crippen LogP contribution in [-0.4, -0.2) is 29.9 Å². The fraction of sp³-hybridized carbons (Fsp3) is 0.238. The van der Waals surface area contributed by atoms with Gasteiger partial charge < -0.3 is 14.8 Å². The van der Waals surface area contributed by atoms with Crippen molar-refractivity contribution in [2.45, 2.75) is 19.3 Å². The number of nitrogens with one attached hydrogen (secondary N) is 1. The van der Waals surface area contributed by atoms with Crippen molar-refractivity contribution in [2.75, 3.05) is 19.5 Å². The second-order valence-corrected chi connectivity index (χ2v) is 6.92. The van der Waals surface area contributed by atoms with Crippen LogP contribution in [0, 0.1) is 0 Å². The van der Waals surface area contributed by atoms with Crippen LogP contribution in [-0.2, 0) is 12.8 Å². The average molecular weight is 398 g/mol.